The fraction of sp³-hybridized carbons (Fsp3) is 0.688. The lowest BCUT2D eigenvalue weighted by Crippen LogP contribution is -2.29. The number of hydrogen-bond acceptors (Lipinski definition) is 3. The van der Waals surface area contributed by atoms with E-state index in [1.807, 2.05) is 6.20 Å². The molecule has 0 aliphatic rings. The van der Waals surface area contributed by atoms with E-state index in [4.69, 9.17) is 5.73 Å². The molecule has 3 nitrogen and oxygen atoms in total. The van der Waals surface area contributed by atoms with Crippen LogP contribution in [0.1, 0.15) is 58.7 Å². The maximum absolute atomic E-state index is 6.00. The molecule has 0 unspecified atom stereocenters. The van der Waals surface area contributed by atoms with E-state index in [1.54, 1.807) is 0 Å². The lowest BCUT2D eigenvalue weighted by molar-refractivity contribution is 0.486. The number of pyridine rings is 1. The Morgan fingerprint density at radius 3 is 2.21 bits per heavy atom. The Kier molecular flexibility index (Phi) is 6.85. The molecule has 0 amide bonds. The minimum Gasteiger partial charge on any atom is -0.370 e. The third kappa shape index (κ3) is 4.50. The molecule has 0 bridgehead atoms. The van der Waals surface area contributed by atoms with Crippen LogP contribution in [0.4, 0.5) is 5.69 Å². The van der Waals surface area contributed by atoms with Crippen molar-refractivity contribution >= 4 is 5.69 Å². The van der Waals surface area contributed by atoms with Crippen LogP contribution in [-0.2, 0) is 0 Å². The van der Waals surface area contributed by atoms with Crippen LogP contribution in [0.2, 0.25) is 0 Å². The molecule has 1 aromatic rings. The van der Waals surface area contributed by atoms with E-state index in [0.717, 1.165) is 31.1 Å². The summed E-state index contributed by atoms with van der Waals surface area (Å²) in [6.45, 7) is 11.0. The van der Waals surface area contributed by atoms with Crippen LogP contribution in [0.3, 0.4) is 0 Å². The first kappa shape index (κ1) is 16.0. The van der Waals surface area contributed by atoms with Gasteiger partial charge in [-0.05, 0) is 31.4 Å². The average Bonchev–Trinajstić information content (AvgIpc) is 2.48. The Morgan fingerprint density at radius 2 is 1.79 bits per heavy atom. The lowest BCUT2D eigenvalue weighted by Gasteiger charge is -2.27. The van der Waals surface area contributed by atoms with Gasteiger partial charge in [0.25, 0.3) is 0 Å². The second-order valence-corrected chi connectivity index (χ2v) is 5.18. The van der Waals surface area contributed by atoms with E-state index in [1.165, 1.54) is 18.5 Å². The molecular weight excluding hydrogens is 234 g/mol. The summed E-state index contributed by atoms with van der Waals surface area (Å²) >= 11 is 0. The van der Waals surface area contributed by atoms with Crippen molar-refractivity contribution in [2.45, 2.75) is 53.0 Å². The molecule has 0 aliphatic heterocycles. The predicted molar refractivity (Wildman–Crippen MR) is 83.4 cm³/mol. The second kappa shape index (κ2) is 8.16. The van der Waals surface area contributed by atoms with Crippen molar-refractivity contribution in [2.24, 2.45) is 11.7 Å². The first-order valence-corrected chi connectivity index (χ1v) is 7.62. The van der Waals surface area contributed by atoms with Crippen LogP contribution in [-0.4, -0.2) is 18.1 Å². The Hall–Kier alpha value is -1.09. The first-order chi connectivity index (χ1) is 9.15. The number of hydrogen-bond donors (Lipinski definition) is 1. The molecular formula is C16H29N3. The minimum absolute atomic E-state index is 0.0585. The van der Waals surface area contributed by atoms with Crippen LogP contribution in [0.5, 0.6) is 0 Å². The molecule has 1 rings (SSSR count). The lowest BCUT2D eigenvalue weighted by atomic mass is 10.0. The highest BCUT2D eigenvalue weighted by atomic mass is 15.1. The van der Waals surface area contributed by atoms with Gasteiger partial charge in [0, 0.05) is 19.1 Å². The Morgan fingerprint density at radius 1 is 1.11 bits per heavy atom. The predicted octanol–water partition coefficient (Wildman–Crippen LogP) is 3.75. The van der Waals surface area contributed by atoms with Gasteiger partial charge in [0.15, 0.2) is 0 Å². The molecule has 0 aliphatic carbocycles. The molecule has 0 aromatic carbocycles. The van der Waals surface area contributed by atoms with E-state index in [0.29, 0.717) is 0 Å². The third-order valence-corrected chi connectivity index (χ3v) is 3.97. The summed E-state index contributed by atoms with van der Waals surface area (Å²) in [7, 11) is 0. The Labute approximate surface area is 118 Å². The van der Waals surface area contributed by atoms with Gasteiger partial charge in [-0.2, -0.15) is 0 Å². The van der Waals surface area contributed by atoms with Gasteiger partial charge in [-0.3, -0.25) is 4.98 Å². The first-order valence-electron chi connectivity index (χ1n) is 7.62. The van der Waals surface area contributed by atoms with Gasteiger partial charge in [-0.25, -0.2) is 0 Å². The van der Waals surface area contributed by atoms with Crippen LogP contribution >= 0.6 is 0 Å². The van der Waals surface area contributed by atoms with E-state index in [9.17, 15) is 0 Å². The molecule has 3 heteroatoms. The summed E-state index contributed by atoms with van der Waals surface area (Å²) < 4.78 is 0. The number of nitrogens with zero attached hydrogens (tertiary/aromatic N) is 2. The molecule has 0 spiro atoms. The number of anilines is 1. The maximum atomic E-state index is 6.00. The molecule has 0 fully saturated rings. The summed E-state index contributed by atoms with van der Waals surface area (Å²) in [5.74, 6) is 0.762. The third-order valence-electron chi connectivity index (χ3n) is 3.97. The number of nitrogens with two attached hydrogens (primary N) is 1. The van der Waals surface area contributed by atoms with Crippen molar-refractivity contribution in [3.8, 4) is 0 Å². The number of rotatable bonds is 8. The van der Waals surface area contributed by atoms with E-state index in [-0.39, 0.29) is 6.04 Å². The minimum atomic E-state index is 0.0585. The van der Waals surface area contributed by atoms with Crippen LogP contribution < -0.4 is 10.6 Å². The highest BCUT2D eigenvalue weighted by Crippen LogP contribution is 2.19. The SMILES string of the molecule is CCC(CC)CN(CC)c1ccc([C@@H](N)CC)nc1. The summed E-state index contributed by atoms with van der Waals surface area (Å²) in [6.07, 6.45) is 5.37. The fourth-order valence-corrected chi connectivity index (χ4v) is 2.29. The van der Waals surface area contributed by atoms with Crippen LogP contribution in [0, 0.1) is 5.92 Å². The fourth-order valence-electron chi connectivity index (χ4n) is 2.29. The van der Waals surface area contributed by atoms with Gasteiger partial charge in [0.2, 0.25) is 0 Å². The summed E-state index contributed by atoms with van der Waals surface area (Å²) in [6, 6.07) is 4.28. The zero-order valence-electron chi connectivity index (χ0n) is 12.9. The van der Waals surface area contributed by atoms with Gasteiger partial charge in [-0.1, -0.05) is 33.6 Å². The molecule has 19 heavy (non-hydrogen) atoms. The topological polar surface area (TPSA) is 42.1 Å². The molecule has 1 aromatic heterocycles. The smallest absolute Gasteiger partial charge is 0.0572 e. The van der Waals surface area contributed by atoms with Crippen molar-refractivity contribution in [3.05, 3.63) is 24.0 Å². The molecule has 0 saturated carbocycles. The van der Waals surface area contributed by atoms with Gasteiger partial charge in [0.05, 0.1) is 17.6 Å². The van der Waals surface area contributed by atoms with Gasteiger partial charge < -0.3 is 10.6 Å². The van der Waals surface area contributed by atoms with Crippen molar-refractivity contribution < 1.29 is 0 Å². The van der Waals surface area contributed by atoms with Crippen molar-refractivity contribution in [3.63, 3.8) is 0 Å². The van der Waals surface area contributed by atoms with Crippen molar-refractivity contribution in [1.82, 2.24) is 4.98 Å². The largest absolute Gasteiger partial charge is 0.370 e. The summed E-state index contributed by atoms with van der Waals surface area (Å²) in [5.41, 5.74) is 8.20. The maximum Gasteiger partial charge on any atom is 0.0572 e. The normalized spacial score (nSPS) is 12.7. The van der Waals surface area contributed by atoms with E-state index >= 15 is 0 Å². The molecule has 1 heterocycles. The quantitative estimate of drug-likeness (QED) is 0.776. The van der Waals surface area contributed by atoms with Gasteiger partial charge in [0.1, 0.15) is 0 Å². The molecule has 1 atom stereocenters. The Bertz CT molecular complexity index is 344. The monoisotopic (exact) mass is 263 g/mol. The zero-order chi connectivity index (χ0) is 14.3. The van der Waals surface area contributed by atoms with Gasteiger partial charge >= 0.3 is 0 Å². The standard InChI is InChI=1S/C16H29N3/c1-5-13(6-2)12-19(8-4)14-9-10-16(18-11-14)15(17)7-3/h9-11,13,15H,5-8,12,17H2,1-4H3/t15-/m0/s1. The summed E-state index contributed by atoms with van der Waals surface area (Å²) in [4.78, 5) is 6.92. The van der Waals surface area contributed by atoms with Crippen LogP contribution in [0.25, 0.3) is 0 Å². The van der Waals surface area contributed by atoms with Gasteiger partial charge in [-0.15, -0.1) is 0 Å². The second-order valence-electron chi connectivity index (χ2n) is 5.18. The van der Waals surface area contributed by atoms with Crippen molar-refractivity contribution in [1.29, 1.82) is 0 Å². The van der Waals surface area contributed by atoms with E-state index in [2.05, 4.69) is 49.7 Å². The van der Waals surface area contributed by atoms with Crippen molar-refractivity contribution in [2.75, 3.05) is 18.0 Å². The molecule has 0 radical (unpaired) electrons. The number of aromatic nitrogens is 1. The highest BCUT2D eigenvalue weighted by Gasteiger charge is 2.12. The average molecular weight is 263 g/mol. The Balaban J connectivity index is 2.76. The molecule has 108 valence electrons. The summed E-state index contributed by atoms with van der Waals surface area (Å²) in [5, 5.41) is 0. The molecule has 2 N–H and O–H groups in total. The van der Waals surface area contributed by atoms with E-state index < -0.39 is 0 Å². The molecule has 0 saturated heterocycles. The van der Waals surface area contributed by atoms with Crippen LogP contribution in [0.15, 0.2) is 18.3 Å². The zero-order valence-corrected chi connectivity index (χ0v) is 12.9. The highest BCUT2D eigenvalue weighted by molar-refractivity contribution is 5.44.